The van der Waals surface area contributed by atoms with Crippen molar-refractivity contribution in [1.82, 2.24) is 4.90 Å². The van der Waals surface area contributed by atoms with E-state index in [0.717, 1.165) is 62.2 Å². The number of rotatable bonds is 16. The fraction of sp³-hybridized carbons (Fsp3) is 0.741. The molecule has 0 aromatic heterocycles. The quantitative estimate of drug-likeness (QED) is 0.123. The smallest absolute Gasteiger partial charge is 0.269 e. The molecule has 0 spiro atoms. The van der Waals surface area contributed by atoms with Crippen LogP contribution in [-0.2, 0) is 11.3 Å². The molecule has 1 aliphatic rings. The SMILES string of the molecule is CCCCCCCCCCCCCC(=O)N1CC[N+](CC)(Cc2cccc([N+](=O)[O-])c2)CC1. The second-order valence-corrected chi connectivity index (χ2v) is 9.86. The van der Waals surface area contributed by atoms with Gasteiger partial charge in [-0.3, -0.25) is 14.9 Å². The molecule has 2 rings (SSSR count). The molecule has 1 heterocycles. The van der Waals surface area contributed by atoms with Gasteiger partial charge in [0, 0.05) is 24.1 Å². The van der Waals surface area contributed by atoms with Crippen molar-refractivity contribution in [2.75, 3.05) is 32.7 Å². The van der Waals surface area contributed by atoms with Gasteiger partial charge in [0.15, 0.2) is 0 Å². The largest absolute Gasteiger partial charge is 0.331 e. The molecule has 33 heavy (non-hydrogen) atoms. The highest BCUT2D eigenvalue weighted by molar-refractivity contribution is 5.76. The molecule has 0 saturated carbocycles. The van der Waals surface area contributed by atoms with E-state index >= 15 is 0 Å². The molecule has 0 aliphatic carbocycles. The van der Waals surface area contributed by atoms with E-state index in [9.17, 15) is 14.9 Å². The molecule has 1 aliphatic heterocycles. The minimum atomic E-state index is -0.328. The third-order valence-corrected chi connectivity index (χ3v) is 7.35. The number of carbonyl (C=O) groups is 1. The van der Waals surface area contributed by atoms with Crippen LogP contribution in [0.1, 0.15) is 96.5 Å². The maximum atomic E-state index is 12.7. The number of piperazine rings is 1. The lowest BCUT2D eigenvalue weighted by molar-refractivity contribution is -0.942. The molecule has 0 unspecified atom stereocenters. The molecule has 1 aromatic rings. The maximum Gasteiger partial charge on any atom is 0.269 e. The van der Waals surface area contributed by atoms with Crippen LogP contribution in [0.5, 0.6) is 0 Å². The van der Waals surface area contributed by atoms with Gasteiger partial charge in [-0.1, -0.05) is 83.3 Å². The van der Waals surface area contributed by atoms with Crippen LogP contribution in [0.15, 0.2) is 24.3 Å². The van der Waals surface area contributed by atoms with Gasteiger partial charge in [-0.05, 0) is 13.3 Å². The number of carbonyl (C=O) groups excluding carboxylic acids is 1. The second kappa shape index (κ2) is 15.0. The minimum absolute atomic E-state index is 0.155. The minimum Gasteiger partial charge on any atom is -0.331 e. The standard InChI is InChI=1S/C27H46N3O3/c1-3-5-6-7-8-9-10-11-12-13-14-18-27(31)28-19-21-30(4-2,22-20-28)24-25-16-15-17-26(23-25)29(32)33/h15-17,23H,3-14,18-22,24H2,1-2H3/q+1. The van der Waals surface area contributed by atoms with E-state index in [1.54, 1.807) is 18.2 Å². The number of nitro benzene ring substituents is 1. The normalized spacial score (nSPS) is 15.5. The second-order valence-electron chi connectivity index (χ2n) is 9.86. The highest BCUT2D eigenvalue weighted by Gasteiger charge is 2.33. The van der Waals surface area contributed by atoms with Crippen molar-refractivity contribution in [3.63, 3.8) is 0 Å². The van der Waals surface area contributed by atoms with Crippen LogP contribution in [0, 0.1) is 10.1 Å². The Labute approximate surface area is 201 Å². The summed E-state index contributed by atoms with van der Waals surface area (Å²) in [4.78, 5) is 25.5. The van der Waals surface area contributed by atoms with Gasteiger partial charge in [0.05, 0.1) is 37.6 Å². The van der Waals surface area contributed by atoms with Crippen molar-refractivity contribution in [1.29, 1.82) is 0 Å². The summed E-state index contributed by atoms with van der Waals surface area (Å²) in [6, 6.07) is 6.99. The van der Waals surface area contributed by atoms with Gasteiger partial charge in [-0.15, -0.1) is 0 Å². The zero-order valence-electron chi connectivity index (χ0n) is 21.1. The predicted molar refractivity (Wildman–Crippen MR) is 135 cm³/mol. The van der Waals surface area contributed by atoms with Crippen molar-refractivity contribution in [2.45, 2.75) is 97.4 Å². The van der Waals surface area contributed by atoms with E-state index in [2.05, 4.69) is 13.8 Å². The van der Waals surface area contributed by atoms with Crippen molar-refractivity contribution in [3.8, 4) is 0 Å². The van der Waals surface area contributed by atoms with Gasteiger partial charge in [-0.25, -0.2) is 0 Å². The lowest BCUT2D eigenvalue weighted by atomic mass is 10.0. The van der Waals surface area contributed by atoms with E-state index in [4.69, 9.17) is 0 Å². The van der Waals surface area contributed by atoms with Gasteiger partial charge in [0.1, 0.15) is 6.54 Å². The third-order valence-electron chi connectivity index (χ3n) is 7.35. The first-order valence-corrected chi connectivity index (χ1v) is 13.4. The van der Waals surface area contributed by atoms with Gasteiger partial charge >= 0.3 is 0 Å². The van der Waals surface area contributed by atoms with Crippen LogP contribution in [0.2, 0.25) is 0 Å². The molecule has 6 heteroatoms. The van der Waals surface area contributed by atoms with E-state index < -0.39 is 0 Å². The monoisotopic (exact) mass is 460 g/mol. The number of benzene rings is 1. The van der Waals surface area contributed by atoms with Crippen LogP contribution in [-0.4, -0.2) is 52.9 Å². The number of hydrogen-bond acceptors (Lipinski definition) is 3. The lowest BCUT2D eigenvalue weighted by Crippen LogP contribution is -2.59. The number of quaternary nitrogens is 1. The van der Waals surface area contributed by atoms with E-state index in [0.29, 0.717) is 12.3 Å². The Kier molecular flexibility index (Phi) is 12.4. The van der Waals surface area contributed by atoms with Gasteiger partial charge in [-0.2, -0.15) is 0 Å². The van der Waals surface area contributed by atoms with Crippen LogP contribution in [0.25, 0.3) is 0 Å². The van der Waals surface area contributed by atoms with Crippen LogP contribution in [0.4, 0.5) is 5.69 Å². The number of likely N-dealkylation sites (N-methyl/N-ethyl adjacent to an activating group) is 1. The summed E-state index contributed by atoms with van der Waals surface area (Å²) in [6.07, 6.45) is 15.0. The van der Waals surface area contributed by atoms with E-state index in [-0.39, 0.29) is 10.6 Å². The van der Waals surface area contributed by atoms with E-state index in [1.165, 1.54) is 57.8 Å². The van der Waals surface area contributed by atoms with Crippen LogP contribution < -0.4 is 0 Å². The average molecular weight is 461 g/mol. The highest BCUT2D eigenvalue weighted by atomic mass is 16.6. The zero-order valence-corrected chi connectivity index (χ0v) is 21.1. The molecular formula is C27H46N3O3+. The fourth-order valence-electron chi connectivity index (χ4n) is 4.98. The Balaban J connectivity index is 1.62. The molecule has 1 aromatic carbocycles. The summed E-state index contributed by atoms with van der Waals surface area (Å²) in [6.45, 7) is 9.63. The lowest BCUT2D eigenvalue weighted by Gasteiger charge is -2.44. The first-order valence-electron chi connectivity index (χ1n) is 13.4. The zero-order chi connectivity index (χ0) is 23.9. The van der Waals surface area contributed by atoms with Gasteiger partial charge in [0.25, 0.3) is 5.69 Å². The predicted octanol–water partition coefficient (Wildman–Crippen LogP) is 6.47. The summed E-state index contributed by atoms with van der Waals surface area (Å²) in [7, 11) is 0. The maximum absolute atomic E-state index is 12.7. The fourth-order valence-corrected chi connectivity index (χ4v) is 4.98. The molecule has 0 bridgehead atoms. The van der Waals surface area contributed by atoms with Gasteiger partial charge < -0.3 is 9.38 Å². The van der Waals surface area contributed by atoms with E-state index in [1.807, 2.05) is 11.0 Å². The third kappa shape index (κ3) is 9.83. The Hall–Kier alpha value is -1.95. The molecule has 0 N–H and O–H groups in total. The molecule has 186 valence electrons. The number of non-ortho nitro benzene ring substituents is 1. The number of amides is 1. The summed E-state index contributed by atoms with van der Waals surface area (Å²) in [5.74, 6) is 0.301. The Morgan fingerprint density at radius 1 is 0.939 bits per heavy atom. The molecule has 1 saturated heterocycles. The first kappa shape index (κ1) is 27.3. The molecule has 0 radical (unpaired) electrons. The van der Waals surface area contributed by atoms with Crippen molar-refractivity contribution in [2.24, 2.45) is 0 Å². The van der Waals surface area contributed by atoms with Crippen molar-refractivity contribution in [3.05, 3.63) is 39.9 Å². The summed E-state index contributed by atoms with van der Waals surface area (Å²) < 4.78 is 0.892. The molecule has 0 atom stereocenters. The Morgan fingerprint density at radius 3 is 2.06 bits per heavy atom. The summed E-state index contributed by atoms with van der Waals surface area (Å²) >= 11 is 0. The summed E-state index contributed by atoms with van der Waals surface area (Å²) in [5.41, 5.74) is 1.16. The summed E-state index contributed by atoms with van der Waals surface area (Å²) in [5, 5.41) is 11.1. The number of hydrogen-bond donors (Lipinski definition) is 0. The first-order chi connectivity index (χ1) is 16.0. The molecule has 6 nitrogen and oxygen atoms in total. The Morgan fingerprint density at radius 2 is 1.52 bits per heavy atom. The molecule has 1 fully saturated rings. The van der Waals surface area contributed by atoms with Crippen molar-refractivity contribution >= 4 is 11.6 Å². The number of nitrogens with zero attached hydrogens (tertiary/aromatic N) is 3. The topological polar surface area (TPSA) is 63.5 Å². The number of unbranched alkanes of at least 4 members (excludes halogenated alkanes) is 10. The molecule has 1 amide bonds. The van der Waals surface area contributed by atoms with Crippen LogP contribution >= 0.6 is 0 Å². The van der Waals surface area contributed by atoms with Gasteiger partial charge in [0.2, 0.25) is 5.91 Å². The molecular weight excluding hydrogens is 414 g/mol. The average Bonchev–Trinajstić information content (AvgIpc) is 2.83. The highest BCUT2D eigenvalue weighted by Crippen LogP contribution is 2.22. The van der Waals surface area contributed by atoms with Crippen molar-refractivity contribution < 1.29 is 14.2 Å². The number of nitro groups is 1. The van der Waals surface area contributed by atoms with Crippen LogP contribution in [0.3, 0.4) is 0 Å². The Bertz CT molecular complexity index is 714.